The van der Waals surface area contributed by atoms with E-state index in [9.17, 15) is 24.0 Å². The number of anilines is 1. The Morgan fingerprint density at radius 3 is 2.27 bits per heavy atom. The number of fused-ring (bicyclic) bond motifs is 1. The highest BCUT2D eigenvalue weighted by atomic mass is 16.5. The van der Waals surface area contributed by atoms with Gasteiger partial charge in [-0.15, -0.1) is 0 Å². The predicted molar refractivity (Wildman–Crippen MR) is 162 cm³/mol. The second-order valence-electron chi connectivity index (χ2n) is 11.1. The fourth-order valence-electron chi connectivity index (χ4n) is 5.95. The fraction of sp³-hybridized carbons (Fsp3) is 0.469. The van der Waals surface area contributed by atoms with Crippen LogP contribution in [0.25, 0.3) is 0 Å². The van der Waals surface area contributed by atoms with Crippen LogP contribution in [0.1, 0.15) is 36.8 Å². The van der Waals surface area contributed by atoms with Gasteiger partial charge in [-0.25, -0.2) is 4.79 Å². The molecule has 4 rings (SSSR count). The molecule has 0 saturated carbocycles. The van der Waals surface area contributed by atoms with Crippen molar-refractivity contribution < 1.29 is 33.4 Å². The Kier molecular flexibility index (Phi) is 11.1. The zero-order valence-electron chi connectivity index (χ0n) is 25.3. The number of carbonyl (C=O) groups is 5. The molecule has 44 heavy (non-hydrogen) atoms. The number of nitrogens with one attached hydrogen (secondary N) is 1. The number of hydrogen-bond acceptors (Lipinski definition) is 9. The van der Waals surface area contributed by atoms with Crippen molar-refractivity contribution in [2.24, 2.45) is 5.73 Å². The molecular weight excluding hydrogens is 566 g/mol. The van der Waals surface area contributed by atoms with Crippen LogP contribution in [0.2, 0.25) is 0 Å². The number of ether oxygens (including phenoxy) is 2. The molecule has 3 amide bonds. The number of hydrogen-bond donors (Lipinski definition) is 2. The summed E-state index contributed by atoms with van der Waals surface area (Å²) in [6.07, 6.45) is 1.15. The number of rotatable bonds is 11. The van der Waals surface area contributed by atoms with Gasteiger partial charge >= 0.3 is 11.9 Å². The first-order valence-electron chi connectivity index (χ1n) is 14.8. The Labute approximate surface area is 257 Å². The molecule has 0 aliphatic carbocycles. The first-order chi connectivity index (χ1) is 21.2. The van der Waals surface area contributed by atoms with Gasteiger partial charge in [-0.3, -0.25) is 24.1 Å². The van der Waals surface area contributed by atoms with E-state index in [0.29, 0.717) is 44.6 Å². The summed E-state index contributed by atoms with van der Waals surface area (Å²) < 4.78 is 9.98. The monoisotopic (exact) mass is 607 g/mol. The van der Waals surface area contributed by atoms with Gasteiger partial charge in [-0.2, -0.15) is 0 Å². The SMILES string of the molecule is COC(=O)CCN1CCC(C(=O)OC)(N(C(=O)CCNC(=O)CN2Cc3ccccc3C[C@H](N)C2=O)c2ccccc2)CC1. The Bertz CT molecular complexity index is 1340. The number of benzene rings is 2. The molecule has 2 aromatic carbocycles. The summed E-state index contributed by atoms with van der Waals surface area (Å²) in [4.78, 5) is 69.7. The van der Waals surface area contributed by atoms with Gasteiger partial charge in [0.05, 0.1) is 33.2 Å². The standard InChI is InChI=1S/C32H41N5O7/c1-43-29(40)13-17-35-18-14-32(15-19-35,31(42)44-2)37(25-10-4-3-5-11-25)28(39)12-16-34-27(38)22-36-21-24-9-7-6-8-23(24)20-26(33)30(36)41/h3-11,26H,12-22,33H2,1-2H3,(H,34,38)/t26-/m0/s1. The van der Waals surface area contributed by atoms with Crippen molar-refractivity contribution in [1.29, 1.82) is 0 Å². The lowest BCUT2D eigenvalue weighted by molar-refractivity contribution is -0.151. The van der Waals surface area contributed by atoms with Crippen LogP contribution in [-0.4, -0.2) is 98.0 Å². The second kappa shape index (κ2) is 14.9. The Hall–Kier alpha value is -4.29. The highest BCUT2D eigenvalue weighted by Crippen LogP contribution is 2.35. The van der Waals surface area contributed by atoms with Gasteiger partial charge < -0.3 is 30.3 Å². The lowest BCUT2D eigenvalue weighted by Gasteiger charge is -2.46. The third-order valence-corrected chi connectivity index (χ3v) is 8.34. The van der Waals surface area contributed by atoms with Crippen LogP contribution in [-0.2, 0) is 46.4 Å². The molecule has 1 saturated heterocycles. The van der Waals surface area contributed by atoms with Crippen molar-refractivity contribution in [3.63, 3.8) is 0 Å². The van der Waals surface area contributed by atoms with Crippen LogP contribution in [0, 0.1) is 0 Å². The number of methoxy groups -OCH3 is 2. The summed E-state index contributed by atoms with van der Waals surface area (Å²) in [7, 11) is 2.64. The van der Waals surface area contributed by atoms with E-state index >= 15 is 0 Å². The highest BCUT2D eigenvalue weighted by molar-refractivity contribution is 6.02. The van der Waals surface area contributed by atoms with Crippen LogP contribution in [0.5, 0.6) is 0 Å². The van der Waals surface area contributed by atoms with E-state index in [2.05, 4.69) is 10.2 Å². The van der Waals surface area contributed by atoms with Crippen molar-refractivity contribution in [2.75, 3.05) is 51.8 Å². The first-order valence-corrected chi connectivity index (χ1v) is 14.8. The predicted octanol–water partition coefficient (Wildman–Crippen LogP) is 1.01. The largest absolute Gasteiger partial charge is 0.469 e. The van der Waals surface area contributed by atoms with Crippen molar-refractivity contribution in [2.45, 2.75) is 50.2 Å². The van der Waals surface area contributed by atoms with Crippen LogP contribution in [0.3, 0.4) is 0 Å². The first kappa shape index (κ1) is 32.6. The lowest BCUT2D eigenvalue weighted by Crippen LogP contribution is -2.63. The third-order valence-electron chi connectivity index (χ3n) is 8.34. The number of esters is 2. The number of piperidine rings is 1. The van der Waals surface area contributed by atoms with Crippen molar-refractivity contribution in [3.05, 3.63) is 65.7 Å². The normalized spacial score (nSPS) is 18.0. The van der Waals surface area contributed by atoms with E-state index in [1.807, 2.05) is 30.3 Å². The molecule has 0 bridgehead atoms. The molecule has 12 heteroatoms. The molecule has 2 aromatic rings. The Morgan fingerprint density at radius 1 is 0.955 bits per heavy atom. The Balaban J connectivity index is 1.43. The summed E-state index contributed by atoms with van der Waals surface area (Å²) in [6.45, 7) is 1.50. The molecule has 12 nitrogen and oxygen atoms in total. The maximum absolute atomic E-state index is 13.9. The van der Waals surface area contributed by atoms with Crippen molar-refractivity contribution in [3.8, 4) is 0 Å². The molecule has 1 atom stereocenters. The zero-order valence-corrected chi connectivity index (χ0v) is 25.3. The second-order valence-corrected chi connectivity index (χ2v) is 11.1. The van der Waals surface area contributed by atoms with Crippen molar-refractivity contribution >= 4 is 35.3 Å². The smallest absolute Gasteiger partial charge is 0.332 e. The average Bonchev–Trinajstić information content (AvgIpc) is 3.15. The van der Waals surface area contributed by atoms with E-state index in [1.54, 1.807) is 24.3 Å². The Morgan fingerprint density at radius 2 is 1.61 bits per heavy atom. The number of nitrogens with two attached hydrogens (primary N) is 1. The molecule has 0 unspecified atom stereocenters. The number of carbonyl (C=O) groups excluding carboxylic acids is 5. The van der Waals surface area contributed by atoms with Gasteiger partial charge in [-0.1, -0.05) is 42.5 Å². The maximum atomic E-state index is 13.9. The van der Waals surface area contributed by atoms with E-state index < -0.39 is 23.5 Å². The van der Waals surface area contributed by atoms with Gasteiger partial charge in [0.25, 0.3) is 0 Å². The molecule has 2 heterocycles. The highest BCUT2D eigenvalue weighted by Gasteiger charge is 2.50. The summed E-state index contributed by atoms with van der Waals surface area (Å²) in [5.41, 5.74) is 7.32. The molecule has 236 valence electrons. The summed E-state index contributed by atoms with van der Waals surface area (Å²) in [6, 6.07) is 15.8. The quantitative estimate of drug-likeness (QED) is 0.357. The molecule has 2 aliphatic rings. The summed E-state index contributed by atoms with van der Waals surface area (Å²) in [5.74, 6) is -1.91. The van der Waals surface area contributed by atoms with Gasteiger partial charge in [-0.05, 0) is 42.5 Å². The van der Waals surface area contributed by atoms with Crippen LogP contribution >= 0.6 is 0 Å². The van der Waals surface area contributed by atoms with Gasteiger partial charge in [0, 0.05) is 44.8 Å². The number of amides is 3. The van der Waals surface area contributed by atoms with Crippen LogP contribution < -0.4 is 16.0 Å². The molecule has 1 fully saturated rings. The number of para-hydroxylation sites is 1. The topological polar surface area (TPSA) is 152 Å². The molecule has 2 aliphatic heterocycles. The van der Waals surface area contributed by atoms with Gasteiger partial charge in [0.15, 0.2) is 0 Å². The summed E-state index contributed by atoms with van der Waals surface area (Å²) in [5, 5.41) is 2.76. The lowest BCUT2D eigenvalue weighted by atomic mass is 9.84. The summed E-state index contributed by atoms with van der Waals surface area (Å²) >= 11 is 0. The zero-order chi connectivity index (χ0) is 31.7. The minimum atomic E-state index is -1.26. The van der Waals surface area contributed by atoms with Crippen LogP contribution in [0.4, 0.5) is 5.69 Å². The minimum Gasteiger partial charge on any atom is -0.469 e. The maximum Gasteiger partial charge on any atom is 0.332 e. The number of likely N-dealkylation sites (tertiary alicyclic amines) is 1. The molecule has 0 aromatic heterocycles. The van der Waals surface area contributed by atoms with Crippen molar-refractivity contribution in [1.82, 2.24) is 15.1 Å². The molecule has 0 spiro atoms. The van der Waals surface area contributed by atoms with Gasteiger partial charge in [0.1, 0.15) is 5.54 Å². The molecular formula is C32H41N5O7. The number of nitrogens with zero attached hydrogens (tertiary/aromatic N) is 3. The van der Waals surface area contributed by atoms with Gasteiger partial charge in [0.2, 0.25) is 17.7 Å². The van der Waals surface area contributed by atoms with E-state index in [0.717, 1.165) is 11.1 Å². The van der Waals surface area contributed by atoms with E-state index in [4.69, 9.17) is 15.2 Å². The van der Waals surface area contributed by atoms with E-state index in [1.165, 1.54) is 24.0 Å². The third kappa shape index (κ3) is 7.61. The molecule has 0 radical (unpaired) electrons. The average molecular weight is 608 g/mol. The minimum absolute atomic E-state index is 0.00811. The fourth-order valence-corrected chi connectivity index (χ4v) is 5.95. The van der Waals surface area contributed by atoms with E-state index in [-0.39, 0.29) is 50.3 Å². The molecule has 3 N–H and O–H groups in total. The van der Waals surface area contributed by atoms with Crippen LogP contribution in [0.15, 0.2) is 54.6 Å².